The number of benzene rings is 1. The topological polar surface area (TPSA) is 3.24 Å². The van der Waals surface area contributed by atoms with Gasteiger partial charge in [0.25, 0.3) is 0 Å². The minimum absolute atomic E-state index is 0.237. The van der Waals surface area contributed by atoms with Gasteiger partial charge < -0.3 is 4.90 Å². The van der Waals surface area contributed by atoms with Crippen LogP contribution in [0.3, 0.4) is 0 Å². The van der Waals surface area contributed by atoms with Crippen LogP contribution in [0.1, 0.15) is 0 Å². The molecule has 4 heteroatoms. The first kappa shape index (κ1) is 8.75. The molecule has 1 fully saturated rings. The second kappa shape index (κ2) is 3.14. The third kappa shape index (κ3) is 1.48. The summed E-state index contributed by atoms with van der Waals surface area (Å²) in [6.07, 6.45) is -0.851. The Kier molecular flexibility index (Phi) is 2.12. The van der Waals surface area contributed by atoms with Crippen molar-refractivity contribution in [2.24, 2.45) is 0 Å². The molecule has 1 aliphatic heterocycles. The van der Waals surface area contributed by atoms with Gasteiger partial charge in [-0.3, -0.25) is 0 Å². The molecule has 0 aromatic heterocycles. The summed E-state index contributed by atoms with van der Waals surface area (Å²) in [5, 5.41) is 0.340. The third-order valence-electron chi connectivity index (χ3n) is 2.09. The monoisotopic (exact) mass is 203 g/mol. The van der Waals surface area contributed by atoms with Crippen LogP contribution in [0.25, 0.3) is 0 Å². The highest BCUT2D eigenvalue weighted by molar-refractivity contribution is 6.33. The summed E-state index contributed by atoms with van der Waals surface area (Å²) in [5.74, 6) is -0.389. The van der Waals surface area contributed by atoms with E-state index in [0.717, 1.165) is 0 Å². The molecule has 0 atom stereocenters. The molecule has 0 saturated carbocycles. The Morgan fingerprint density at radius 1 is 1.38 bits per heavy atom. The van der Waals surface area contributed by atoms with E-state index in [9.17, 15) is 8.78 Å². The molecule has 0 spiro atoms. The van der Waals surface area contributed by atoms with E-state index in [-0.39, 0.29) is 18.9 Å². The van der Waals surface area contributed by atoms with Crippen LogP contribution in [0.15, 0.2) is 18.2 Å². The largest absolute Gasteiger partial charge is 0.362 e. The molecule has 70 valence electrons. The molecule has 2 rings (SSSR count). The maximum atomic E-state index is 13.2. The van der Waals surface area contributed by atoms with Crippen molar-refractivity contribution in [2.75, 3.05) is 18.0 Å². The molecule has 1 aromatic carbocycles. The van der Waals surface area contributed by atoms with Crippen molar-refractivity contribution >= 4 is 17.3 Å². The van der Waals surface area contributed by atoms with Crippen LogP contribution in [0, 0.1) is 5.82 Å². The van der Waals surface area contributed by atoms with E-state index in [1.54, 1.807) is 11.0 Å². The SMILES string of the molecule is Fc1cccc(Cl)c1N1CC(F)C1. The standard InChI is InChI=1S/C9H8ClF2N/c10-7-2-1-3-8(12)9(7)13-4-6(11)5-13/h1-3,6H,4-5H2. The molecule has 1 aliphatic rings. The van der Waals surface area contributed by atoms with Gasteiger partial charge in [-0.05, 0) is 12.1 Å². The second-order valence-corrected chi connectivity index (χ2v) is 3.48. The fourth-order valence-corrected chi connectivity index (χ4v) is 1.68. The molecule has 1 saturated heterocycles. The van der Waals surface area contributed by atoms with E-state index in [4.69, 9.17) is 11.6 Å². The molecular weight excluding hydrogens is 196 g/mol. The summed E-state index contributed by atoms with van der Waals surface area (Å²) < 4.78 is 25.7. The lowest BCUT2D eigenvalue weighted by Crippen LogP contribution is -2.48. The van der Waals surface area contributed by atoms with Crippen LogP contribution in [0.5, 0.6) is 0 Å². The number of para-hydroxylation sites is 1. The quantitative estimate of drug-likeness (QED) is 0.678. The highest BCUT2D eigenvalue weighted by Crippen LogP contribution is 2.32. The van der Waals surface area contributed by atoms with E-state index in [1.165, 1.54) is 12.1 Å². The molecule has 1 heterocycles. The zero-order valence-electron chi connectivity index (χ0n) is 6.80. The van der Waals surface area contributed by atoms with Gasteiger partial charge in [-0.15, -0.1) is 0 Å². The Balaban J connectivity index is 2.29. The molecule has 0 bridgehead atoms. The Morgan fingerprint density at radius 3 is 2.62 bits per heavy atom. The van der Waals surface area contributed by atoms with Gasteiger partial charge in [0.2, 0.25) is 0 Å². The first-order chi connectivity index (χ1) is 6.18. The number of hydrogen-bond acceptors (Lipinski definition) is 1. The maximum Gasteiger partial charge on any atom is 0.148 e. The summed E-state index contributed by atoms with van der Waals surface area (Å²) in [4.78, 5) is 1.60. The highest BCUT2D eigenvalue weighted by Gasteiger charge is 2.29. The molecule has 13 heavy (non-hydrogen) atoms. The van der Waals surface area contributed by atoms with Gasteiger partial charge in [-0.1, -0.05) is 17.7 Å². The van der Waals surface area contributed by atoms with E-state index in [1.807, 2.05) is 0 Å². The zero-order valence-corrected chi connectivity index (χ0v) is 7.56. The first-order valence-corrected chi connectivity index (χ1v) is 4.39. The van der Waals surface area contributed by atoms with Crippen molar-refractivity contribution in [1.82, 2.24) is 0 Å². The van der Waals surface area contributed by atoms with Crippen molar-refractivity contribution in [2.45, 2.75) is 6.17 Å². The predicted octanol–water partition coefficient (Wildman–Crippen LogP) is 2.64. The summed E-state index contributed by atoms with van der Waals surface area (Å²) in [5.41, 5.74) is 0.318. The minimum Gasteiger partial charge on any atom is -0.362 e. The second-order valence-electron chi connectivity index (χ2n) is 3.07. The number of nitrogens with zero attached hydrogens (tertiary/aromatic N) is 1. The van der Waals surface area contributed by atoms with Gasteiger partial charge in [-0.25, -0.2) is 8.78 Å². The molecular formula is C9H8ClF2N. The van der Waals surface area contributed by atoms with Crippen molar-refractivity contribution in [3.63, 3.8) is 0 Å². The van der Waals surface area contributed by atoms with Gasteiger partial charge >= 0.3 is 0 Å². The molecule has 0 N–H and O–H groups in total. The highest BCUT2D eigenvalue weighted by atomic mass is 35.5. The van der Waals surface area contributed by atoms with E-state index >= 15 is 0 Å². The lowest BCUT2D eigenvalue weighted by molar-refractivity contribution is 0.273. The summed E-state index contributed by atoms with van der Waals surface area (Å²) in [6.45, 7) is 0.474. The molecule has 1 nitrogen and oxygen atoms in total. The van der Waals surface area contributed by atoms with E-state index in [2.05, 4.69) is 0 Å². The summed E-state index contributed by atoms with van der Waals surface area (Å²) >= 11 is 5.78. The minimum atomic E-state index is -0.851. The first-order valence-electron chi connectivity index (χ1n) is 4.01. The van der Waals surface area contributed by atoms with Crippen LogP contribution < -0.4 is 4.90 Å². The smallest absolute Gasteiger partial charge is 0.148 e. The summed E-state index contributed by atoms with van der Waals surface area (Å²) in [6, 6.07) is 4.46. The van der Waals surface area contributed by atoms with Gasteiger partial charge in [-0.2, -0.15) is 0 Å². The summed E-state index contributed by atoms with van der Waals surface area (Å²) in [7, 11) is 0. The van der Waals surface area contributed by atoms with E-state index < -0.39 is 6.17 Å². The Morgan fingerprint density at radius 2 is 2.08 bits per heavy atom. The number of hydrogen-bond donors (Lipinski definition) is 0. The lowest BCUT2D eigenvalue weighted by atomic mass is 10.1. The van der Waals surface area contributed by atoms with Gasteiger partial charge in [0, 0.05) is 0 Å². The number of halogens is 3. The number of rotatable bonds is 1. The zero-order chi connectivity index (χ0) is 9.42. The molecule has 0 amide bonds. The van der Waals surface area contributed by atoms with Crippen molar-refractivity contribution in [1.29, 1.82) is 0 Å². The Bertz CT molecular complexity index is 303. The van der Waals surface area contributed by atoms with Crippen LogP contribution in [0.2, 0.25) is 5.02 Å². The fraction of sp³-hybridized carbons (Fsp3) is 0.333. The van der Waals surface area contributed by atoms with Gasteiger partial charge in [0.1, 0.15) is 12.0 Å². The van der Waals surface area contributed by atoms with Crippen LogP contribution in [-0.4, -0.2) is 19.3 Å². The Hall–Kier alpha value is -0.830. The number of alkyl halides is 1. The van der Waals surface area contributed by atoms with Crippen LogP contribution >= 0.6 is 11.6 Å². The Labute approximate surface area is 79.9 Å². The van der Waals surface area contributed by atoms with Crippen LogP contribution in [-0.2, 0) is 0 Å². The van der Waals surface area contributed by atoms with Crippen LogP contribution in [0.4, 0.5) is 14.5 Å². The molecule has 0 unspecified atom stereocenters. The molecule has 1 aromatic rings. The predicted molar refractivity (Wildman–Crippen MR) is 48.5 cm³/mol. The normalized spacial score (nSPS) is 17.3. The van der Waals surface area contributed by atoms with Gasteiger partial charge in [0.15, 0.2) is 0 Å². The molecule has 0 aliphatic carbocycles. The van der Waals surface area contributed by atoms with Gasteiger partial charge in [0.05, 0.1) is 23.8 Å². The average molecular weight is 204 g/mol. The average Bonchev–Trinajstić information content (AvgIpc) is 2.00. The van der Waals surface area contributed by atoms with Crippen molar-refractivity contribution < 1.29 is 8.78 Å². The molecule has 0 radical (unpaired) electrons. The fourth-order valence-electron chi connectivity index (χ4n) is 1.40. The third-order valence-corrected chi connectivity index (χ3v) is 2.40. The van der Waals surface area contributed by atoms with Crippen molar-refractivity contribution in [3.8, 4) is 0 Å². The maximum absolute atomic E-state index is 13.2. The lowest BCUT2D eigenvalue weighted by Gasteiger charge is -2.36. The number of anilines is 1. The van der Waals surface area contributed by atoms with E-state index in [0.29, 0.717) is 10.7 Å². The van der Waals surface area contributed by atoms with Crippen molar-refractivity contribution in [3.05, 3.63) is 29.0 Å².